The van der Waals surface area contributed by atoms with E-state index in [9.17, 15) is 33.7 Å². The van der Waals surface area contributed by atoms with E-state index in [-0.39, 0.29) is 25.7 Å². The molecule has 0 rings (SSSR count). The van der Waals surface area contributed by atoms with Crippen LogP contribution in [0.3, 0.4) is 0 Å². The van der Waals surface area contributed by atoms with Crippen LogP contribution in [0.5, 0.6) is 0 Å². The summed E-state index contributed by atoms with van der Waals surface area (Å²) in [6.07, 6.45) is 6.96. The van der Waals surface area contributed by atoms with Crippen LogP contribution in [-0.4, -0.2) is 56.7 Å². The van der Waals surface area contributed by atoms with Gasteiger partial charge in [-0.25, -0.2) is 33.7 Å². The molecule has 0 radical (unpaired) electrons. The molecule has 12 heteroatoms. The van der Waals surface area contributed by atoms with Crippen LogP contribution < -0.4 is 0 Å². The van der Waals surface area contributed by atoms with Crippen LogP contribution >= 0.6 is 0 Å². The minimum atomic E-state index is -4.40. The molecule has 0 bridgehead atoms. The molecular formula is C18H38O8S4. The quantitative estimate of drug-likeness (QED) is 0.191. The third-order valence-electron chi connectivity index (χ3n) is 4.81. The molecule has 0 aliphatic heterocycles. The first-order valence-corrected chi connectivity index (χ1v) is 18.4. The maximum Gasteiger partial charge on any atom is 0.253 e. The van der Waals surface area contributed by atoms with Gasteiger partial charge in [0.25, 0.3) is 35.5 Å². The summed E-state index contributed by atoms with van der Waals surface area (Å²) in [5.74, 6) is -2.28. The lowest BCUT2D eigenvalue weighted by Crippen LogP contribution is -2.24. The van der Waals surface area contributed by atoms with Crippen molar-refractivity contribution < 1.29 is 33.7 Å². The van der Waals surface area contributed by atoms with Crippen LogP contribution in [0, 0.1) is 0 Å². The Kier molecular flexibility index (Phi) is 14.0. The van der Waals surface area contributed by atoms with Crippen molar-refractivity contribution in [2.45, 2.75) is 90.9 Å². The fraction of sp³-hybridized carbons (Fsp3) is 1.00. The number of unbranched alkanes of at least 4 members (excludes halogenated alkanes) is 9. The highest BCUT2D eigenvalue weighted by Crippen LogP contribution is 2.15. The summed E-state index contributed by atoms with van der Waals surface area (Å²) in [6.45, 7) is 4.03. The second-order valence-electron chi connectivity index (χ2n) is 7.58. The molecule has 0 fully saturated rings. The average molecular weight is 511 g/mol. The Hall–Kier alpha value is -0.200. The highest BCUT2D eigenvalue weighted by atomic mass is 33.2. The van der Waals surface area contributed by atoms with Crippen molar-refractivity contribution in [2.75, 3.05) is 23.0 Å². The molecule has 8 nitrogen and oxygen atoms in total. The summed E-state index contributed by atoms with van der Waals surface area (Å²) in [5.41, 5.74) is 0. The average Bonchev–Trinajstić information content (AvgIpc) is 2.64. The van der Waals surface area contributed by atoms with E-state index < -0.39 is 58.5 Å². The molecule has 0 atom stereocenters. The highest BCUT2D eigenvalue weighted by Gasteiger charge is 2.31. The van der Waals surface area contributed by atoms with E-state index in [0.29, 0.717) is 12.8 Å². The van der Waals surface area contributed by atoms with Gasteiger partial charge in [-0.05, 0) is 25.7 Å². The van der Waals surface area contributed by atoms with Gasteiger partial charge in [0.2, 0.25) is 0 Å². The molecule has 0 amide bonds. The Morgan fingerprint density at radius 3 is 0.767 bits per heavy atom. The van der Waals surface area contributed by atoms with Gasteiger partial charge in [0.15, 0.2) is 0 Å². The summed E-state index contributed by atoms with van der Waals surface area (Å²) in [4.78, 5) is 0. The summed E-state index contributed by atoms with van der Waals surface area (Å²) in [7, 11) is -17.4. The van der Waals surface area contributed by atoms with Crippen molar-refractivity contribution in [3.63, 3.8) is 0 Å². The molecular weight excluding hydrogens is 472 g/mol. The first-order chi connectivity index (χ1) is 13.8. The van der Waals surface area contributed by atoms with Crippen molar-refractivity contribution >= 4 is 35.5 Å². The third-order valence-corrected chi connectivity index (χ3v) is 16.2. The van der Waals surface area contributed by atoms with Gasteiger partial charge in [0.1, 0.15) is 0 Å². The molecule has 0 N–H and O–H groups in total. The van der Waals surface area contributed by atoms with Crippen molar-refractivity contribution in [1.29, 1.82) is 0 Å². The van der Waals surface area contributed by atoms with Crippen LogP contribution in [-0.2, 0) is 35.5 Å². The largest absolute Gasteiger partial charge is 0.253 e. The SMILES string of the molecule is CCCCCCCS(=O)(=O)S(=O)(=O)CCCCS(=O)(=O)S(=O)(=O)CCCCCCC. The Morgan fingerprint density at radius 2 is 0.533 bits per heavy atom. The Morgan fingerprint density at radius 1 is 0.333 bits per heavy atom. The predicted octanol–water partition coefficient (Wildman–Crippen LogP) is 3.20. The molecule has 0 spiro atoms. The van der Waals surface area contributed by atoms with Gasteiger partial charge < -0.3 is 0 Å². The normalized spacial score (nSPS) is 13.5. The second kappa shape index (κ2) is 14.1. The zero-order valence-corrected chi connectivity index (χ0v) is 21.5. The van der Waals surface area contributed by atoms with Gasteiger partial charge in [-0.2, -0.15) is 0 Å². The fourth-order valence-electron chi connectivity index (χ4n) is 2.83. The summed E-state index contributed by atoms with van der Waals surface area (Å²) in [6, 6.07) is 0. The zero-order chi connectivity index (χ0) is 23.3. The predicted molar refractivity (Wildman–Crippen MR) is 122 cm³/mol. The van der Waals surface area contributed by atoms with Crippen molar-refractivity contribution in [3.05, 3.63) is 0 Å². The molecule has 0 aliphatic rings. The molecule has 0 unspecified atom stereocenters. The lowest BCUT2D eigenvalue weighted by Gasteiger charge is -2.08. The van der Waals surface area contributed by atoms with Crippen molar-refractivity contribution in [3.8, 4) is 0 Å². The van der Waals surface area contributed by atoms with Crippen LogP contribution in [0.15, 0.2) is 0 Å². The van der Waals surface area contributed by atoms with E-state index in [1.54, 1.807) is 0 Å². The van der Waals surface area contributed by atoms with Gasteiger partial charge in [0.05, 0.1) is 23.0 Å². The first-order valence-electron chi connectivity index (χ1n) is 10.7. The maximum absolute atomic E-state index is 12.1. The fourth-order valence-corrected chi connectivity index (χ4v) is 10.5. The van der Waals surface area contributed by atoms with Gasteiger partial charge in [-0.3, -0.25) is 0 Å². The minimum Gasteiger partial charge on any atom is -0.213 e. The van der Waals surface area contributed by atoms with Crippen LogP contribution in [0.2, 0.25) is 0 Å². The van der Waals surface area contributed by atoms with E-state index >= 15 is 0 Å². The minimum absolute atomic E-state index is 0.220. The first kappa shape index (κ1) is 29.8. The lowest BCUT2D eigenvalue weighted by molar-refractivity contribution is 0.573. The molecule has 30 heavy (non-hydrogen) atoms. The third kappa shape index (κ3) is 10.9. The van der Waals surface area contributed by atoms with E-state index in [2.05, 4.69) is 0 Å². The van der Waals surface area contributed by atoms with E-state index in [0.717, 1.165) is 38.5 Å². The Labute approximate surface area is 182 Å². The van der Waals surface area contributed by atoms with Gasteiger partial charge in [-0.15, -0.1) is 0 Å². The molecule has 182 valence electrons. The zero-order valence-electron chi connectivity index (χ0n) is 18.2. The van der Waals surface area contributed by atoms with E-state index in [1.165, 1.54) is 0 Å². The number of hydrogen-bond acceptors (Lipinski definition) is 8. The molecule has 0 aromatic heterocycles. The standard InChI is InChI=1S/C18H38O8S4/c1-3-5-7-9-11-15-27(19,20)29(23,24)17-13-14-18-30(25,26)28(21,22)16-12-10-8-6-4-2/h3-18H2,1-2H3. The van der Waals surface area contributed by atoms with Crippen LogP contribution in [0.4, 0.5) is 0 Å². The Bertz CT molecular complexity index is 810. The monoisotopic (exact) mass is 510 g/mol. The molecule has 0 aromatic rings. The van der Waals surface area contributed by atoms with Crippen molar-refractivity contribution in [1.82, 2.24) is 0 Å². The molecule has 0 saturated heterocycles. The van der Waals surface area contributed by atoms with Gasteiger partial charge >= 0.3 is 0 Å². The highest BCUT2D eigenvalue weighted by molar-refractivity contribution is 8.67. The molecule has 0 aliphatic carbocycles. The molecule has 0 heterocycles. The summed E-state index contributed by atoms with van der Waals surface area (Å²) < 4.78 is 96.4. The van der Waals surface area contributed by atoms with Gasteiger partial charge in [-0.1, -0.05) is 65.2 Å². The molecule has 0 saturated carbocycles. The van der Waals surface area contributed by atoms with E-state index in [1.807, 2.05) is 13.8 Å². The smallest absolute Gasteiger partial charge is 0.213 e. The number of rotatable bonds is 19. The molecule has 0 aromatic carbocycles. The summed E-state index contributed by atoms with van der Waals surface area (Å²) >= 11 is 0. The van der Waals surface area contributed by atoms with E-state index in [4.69, 9.17) is 0 Å². The Balaban J connectivity index is 4.52. The number of hydrogen-bond donors (Lipinski definition) is 0. The maximum atomic E-state index is 12.1. The lowest BCUT2D eigenvalue weighted by atomic mass is 10.2. The second-order valence-corrected chi connectivity index (χ2v) is 19.8. The van der Waals surface area contributed by atoms with Crippen LogP contribution in [0.1, 0.15) is 90.9 Å². The van der Waals surface area contributed by atoms with Crippen LogP contribution in [0.25, 0.3) is 0 Å². The van der Waals surface area contributed by atoms with Crippen molar-refractivity contribution in [2.24, 2.45) is 0 Å². The summed E-state index contributed by atoms with van der Waals surface area (Å²) in [5, 5.41) is 0. The topological polar surface area (TPSA) is 137 Å². The van der Waals surface area contributed by atoms with Gasteiger partial charge in [0, 0.05) is 0 Å².